The molecule has 0 aromatic heterocycles. The molecule has 6 heteroatoms. The third-order valence-electron chi connectivity index (χ3n) is 5.75. The lowest BCUT2D eigenvalue weighted by molar-refractivity contribution is -0.122. The van der Waals surface area contributed by atoms with Crippen LogP contribution < -0.4 is 10.6 Å². The van der Waals surface area contributed by atoms with Gasteiger partial charge in [0.1, 0.15) is 11.6 Å². The van der Waals surface area contributed by atoms with E-state index in [4.69, 9.17) is 0 Å². The molecule has 2 atom stereocenters. The molecule has 3 rings (SSSR count). The van der Waals surface area contributed by atoms with Crippen molar-refractivity contribution in [1.29, 1.82) is 0 Å². The lowest BCUT2D eigenvalue weighted by Crippen LogP contribution is -2.48. The minimum Gasteiger partial charge on any atom is -0.390 e. The number of carbonyl (C=O) groups excluding carboxylic acids is 1. The number of halogens is 2. The molecule has 34 heavy (non-hydrogen) atoms. The Balaban J connectivity index is 1.62. The number of rotatable bonds is 12. The fraction of sp³-hybridized carbons (Fsp3) is 0.321. The molecule has 0 fully saturated rings. The van der Waals surface area contributed by atoms with Gasteiger partial charge in [-0.2, -0.15) is 0 Å². The Morgan fingerprint density at radius 3 is 2.26 bits per heavy atom. The monoisotopic (exact) mass is 466 g/mol. The molecular weight excluding hydrogens is 434 g/mol. The molecule has 0 unspecified atom stereocenters. The molecule has 0 heterocycles. The Labute approximate surface area is 200 Å². The highest BCUT2D eigenvalue weighted by Crippen LogP contribution is 2.13. The van der Waals surface area contributed by atoms with E-state index in [1.807, 2.05) is 42.5 Å². The minimum absolute atomic E-state index is 0.111. The summed E-state index contributed by atoms with van der Waals surface area (Å²) in [5.41, 5.74) is 3.75. The third-order valence-corrected chi connectivity index (χ3v) is 5.75. The first-order valence-electron chi connectivity index (χ1n) is 11.7. The molecule has 3 N–H and O–H groups in total. The number of aryl methyl sites for hydroxylation is 2. The zero-order chi connectivity index (χ0) is 24.3. The summed E-state index contributed by atoms with van der Waals surface area (Å²) in [6.07, 6.45) is 0.928. The van der Waals surface area contributed by atoms with Gasteiger partial charge in [0, 0.05) is 25.6 Å². The van der Waals surface area contributed by atoms with Crippen LogP contribution >= 0.6 is 0 Å². The van der Waals surface area contributed by atoms with Crippen LogP contribution in [0.1, 0.15) is 35.6 Å². The normalized spacial score (nSPS) is 12.8. The first-order valence-corrected chi connectivity index (χ1v) is 11.7. The van der Waals surface area contributed by atoms with Gasteiger partial charge in [0.15, 0.2) is 0 Å². The molecule has 1 amide bonds. The van der Waals surface area contributed by atoms with Crippen molar-refractivity contribution in [3.05, 3.63) is 107 Å². The number of hydrogen-bond donors (Lipinski definition) is 3. The molecule has 3 aromatic rings. The van der Waals surface area contributed by atoms with E-state index in [2.05, 4.69) is 29.7 Å². The first kappa shape index (κ1) is 25.5. The predicted molar refractivity (Wildman–Crippen MR) is 130 cm³/mol. The lowest BCUT2D eigenvalue weighted by Gasteiger charge is -2.25. The van der Waals surface area contributed by atoms with Crippen molar-refractivity contribution in [3.8, 4) is 0 Å². The number of amides is 1. The van der Waals surface area contributed by atoms with Gasteiger partial charge in [-0.1, -0.05) is 61.5 Å². The van der Waals surface area contributed by atoms with Crippen molar-refractivity contribution >= 4 is 5.91 Å². The van der Waals surface area contributed by atoms with E-state index < -0.39 is 23.8 Å². The van der Waals surface area contributed by atoms with E-state index in [9.17, 15) is 18.7 Å². The fourth-order valence-corrected chi connectivity index (χ4v) is 3.91. The largest absolute Gasteiger partial charge is 0.390 e. The van der Waals surface area contributed by atoms with Crippen LogP contribution in [0.15, 0.2) is 72.8 Å². The van der Waals surface area contributed by atoms with Gasteiger partial charge in [-0.3, -0.25) is 4.79 Å². The summed E-state index contributed by atoms with van der Waals surface area (Å²) in [5.74, 6) is -1.60. The average Bonchev–Trinajstić information content (AvgIpc) is 2.82. The van der Waals surface area contributed by atoms with Crippen LogP contribution in [0.2, 0.25) is 0 Å². The van der Waals surface area contributed by atoms with Gasteiger partial charge in [-0.05, 0) is 53.6 Å². The quantitative estimate of drug-likeness (QED) is 0.372. The van der Waals surface area contributed by atoms with Crippen LogP contribution in [0.5, 0.6) is 0 Å². The second-order valence-electron chi connectivity index (χ2n) is 8.51. The molecule has 180 valence electrons. The Morgan fingerprint density at radius 1 is 0.882 bits per heavy atom. The molecule has 0 aliphatic heterocycles. The van der Waals surface area contributed by atoms with Crippen molar-refractivity contribution in [2.75, 3.05) is 6.54 Å². The predicted octanol–water partition coefficient (Wildman–Crippen LogP) is 4.34. The highest BCUT2D eigenvalue weighted by atomic mass is 19.1. The smallest absolute Gasteiger partial charge is 0.220 e. The van der Waals surface area contributed by atoms with Crippen LogP contribution in [-0.2, 0) is 30.6 Å². The lowest BCUT2D eigenvalue weighted by atomic mass is 10.00. The Hall–Kier alpha value is -3.09. The molecular formula is C28H32F2N2O2. The maximum absolute atomic E-state index is 13.7. The van der Waals surface area contributed by atoms with Crippen molar-refractivity contribution < 1.29 is 18.7 Å². The van der Waals surface area contributed by atoms with E-state index in [-0.39, 0.29) is 25.3 Å². The maximum Gasteiger partial charge on any atom is 0.220 e. The Kier molecular flexibility index (Phi) is 9.74. The van der Waals surface area contributed by atoms with E-state index in [0.29, 0.717) is 18.5 Å². The van der Waals surface area contributed by atoms with E-state index in [1.165, 1.54) is 17.7 Å². The molecule has 3 aromatic carbocycles. The molecule has 0 aliphatic carbocycles. The van der Waals surface area contributed by atoms with Crippen LogP contribution in [0.25, 0.3) is 0 Å². The highest BCUT2D eigenvalue weighted by Gasteiger charge is 2.22. The van der Waals surface area contributed by atoms with Crippen molar-refractivity contribution in [3.63, 3.8) is 0 Å². The summed E-state index contributed by atoms with van der Waals surface area (Å²) in [7, 11) is 0. The zero-order valence-corrected chi connectivity index (χ0v) is 19.4. The first-order chi connectivity index (χ1) is 16.4. The third kappa shape index (κ3) is 8.36. The summed E-state index contributed by atoms with van der Waals surface area (Å²) < 4.78 is 27.4. The van der Waals surface area contributed by atoms with Crippen LogP contribution in [0.4, 0.5) is 8.78 Å². The topological polar surface area (TPSA) is 61.4 Å². The fourth-order valence-electron chi connectivity index (χ4n) is 3.91. The zero-order valence-electron chi connectivity index (χ0n) is 19.4. The number of benzene rings is 3. The number of nitrogens with one attached hydrogen (secondary N) is 2. The van der Waals surface area contributed by atoms with Crippen molar-refractivity contribution in [2.45, 2.75) is 51.3 Å². The van der Waals surface area contributed by atoms with Gasteiger partial charge in [0.05, 0.1) is 12.1 Å². The Bertz CT molecular complexity index is 1040. The van der Waals surface area contributed by atoms with E-state index in [1.54, 1.807) is 0 Å². The van der Waals surface area contributed by atoms with Gasteiger partial charge in [-0.15, -0.1) is 0 Å². The number of hydrogen-bond acceptors (Lipinski definition) is 3. The van der Waals surface area contributed by atoms with Crippen LogP contribution in [0.3, 0.4) is 0 Å². The van der Waals surface area contributed by atoms with Gasteiger partial charge in [-0.25, -0.2) is 8.78 Å². The summed E-state index contributed by atoms with van der Waals surface area (Å²) in [4.78, 5) is 12.6. The van der Waals surface area contributed by atoms with Gasteiger partial charge in [0.25, 0.3) is 0 Å². The van der Waals surface area contributed by atoms with E-state index >= 15 is 0 Å². The summed E-state index contributed by atoms with van der Waals surface area (Å²) in [5, 5.41) is 16.9. The van der Waals surface area contributed by atoms with Gasteiger partial charge >= 0.3 is 0 Å². The number of carbonyl (C=O) groups is 1. The second-order valence-corrected chi connectivity index (χ2v) is 8.51. The number of aliphatic hydroxyl groups is 1. The van der Waals surface area contributed by atoms with E-state index in [0.717, 1.165) is 23.6 Å². The SMILES string of the molecule is CCc1cccc(CNC[C@H](O)[C@H](Cc2cc(F)cc(F)c2)NC(=O)CCc2ccccc2)c1. The molecule has 0 aliphatic rings. The molecule has 4 nitrogen and oxygen atoms in total. The maximum atomic E-state index is 13.7. The molecule has 0 saturated heterocycles. The van der Waals surface area contributed by atoms with Crippen molar-refractivity contribution in [1.82, 2.24) is 10.6 Å². The van der Waals surface area contributed by atoms with Gasteiger partial charge < -0.3 is 15.7 Å². The molecule has 0 saturated carbocycles. The molecule has 0 radical (unpaired) electrons. The minimum atomic E-state index is -0.943. The summed E-state index contributed by atoms with van der Waals surface area (Å²) >= 11 is 0. The van der Waals surface area contributed by atoms with Crippen LogP contribution in [-0.4, -0.2) is 29.7 Å². The standard InChI is InChI=1S/C28H32F2N2O2/c1-2-20-9-6-10-22(13-20)18-31-19-27(33)26(16-23-14-24(29)17-25(30)15-23)32-28(34)12-11-21-7-4-3-5-8-21/h3-10,13-15,17,26-27,31,33H,2,11-12,16,18-19H2,1H3,(H,32,34)/t26-,27-/m0/s1. The Morgan fingerprint density at radius 2 is 1.56 bits per heavy atom. The molecule has 0 spiro atoms. The summed E-state index contributed by atoms with van der Waals surface area (Å²) in [6, 6.07) is 20.4. The second kappa shape index (κ2) is 13.0. The van der Waals surface area contributed by atoms with Gasteiger partial charge in [0.2, 0.25) is 5.91 Å². The van der Waals surface area contributed by atoms with Crippen molar-refractivity contribution in [2.24, 2.45) is 0 Å². The van der Waals surface area contributed by atoms with Crippen LogP contribution in [0, 0.1) is 11.6 Å². The molecule has 0 bridgehead atoms. The highest BCUT2D eigenvalue weighted by molar-refractivity contribution is 5.76. The number of aliphatic hydroxyl groups excluding tert-OH is 1. The average molecular weight is 467 g/mol. The summed E-state index contributed by atoms with van der Waals surface area (Å²) in [6.45, 7) is 2.88.